The van der Waals surface area contributed by atoms with E-state index < -0.39 is 0 Å². The van der Waals surface area contributed by atoms with Gasteiger partial charge in [0.15, 0.2) is 0 Å². The molecule has 1 aliphatic rings. The molecule has 66 valence electrons. The van der Waals surface area contributed by atoms with Crippen LogP contribution in [-0.2, 0) is 0 Å². The van der Waals surface area contributed by atoms with E-state index >= 15 is 0 Å². The largest absolute Gasteiger partial charge is 0.258 e. The van der Waals surface area contributed by atoms with Gasteiger partial charge in [0.05, 0.1) is 0 Å². The second-order valence-corrected chi connectivity index (χ2v) is 3.46. The highest BCUT2D eigenvalue weighted by Gasteiger charge is 2.13. The molecule has 0 amide bonds. The Bertz CT molecular complexity index is 87.6. The van der Waals surface area contributed by atoms with Gasteiger partial charge in [-0.2, -0.15) is 0 Å². The lowest BCUT2D eigenvalue weighted by Gasteiger charge is -2.10. The second-order valence-electron chi connectivity index (χ2n) is 3.46. The minimum absolute atomic E-state index is 0.944. The maximum Gasteiger partial charge on any atom is 0.0128 e. The van der Waals surface area contributed by atoms with Crippen molar-refractivity contribution in [3.05, 3.63) is 0 Å². The predicted octanol–water partition coefficient (Wildman–Crippen LogP) is 1.68. The van der Waals surface area contributed by atoms with Crippen molar-refractivity contribution in [2.45, 2.75) is 39.0 Å². The molecule has 2 nitrogen and oxygen atoms in total. The number of rotatable bonds is 5. The van der Waals surface area contributed by atoms with Crippen LogP contribution in [0.4, 0.5) is 0 Å². The van der Waals surface area contributed by atoms with E-state index in [1.807, 2.05) is 0 Å². The molecule has 11 heavy (non-hydrogen) atoms. The Balaban J connectivity index is 1.86. The Labute approximate surface area is 69.7 Å². The number of hydrogen-bond donors (Lipinski definition) is 2. The van der Waals surface area contributed by atoms with E-state index in [1.54, 1.807) is 0 Å². The molecule has 0 atom stereocenters. The van der Waals surface area contributed by atoms with Gasteiger partial charge in [-0.05, 0) is 25.2 Å². The fourth-order valence-corrected chi connectivity index (χ4v) is 1.64. The molecular formula is C9H20N2. The minimum Gasteiger partial charge on any atom is -0.258 e. The van der Waals surface area contributed by atoms with Crippen molar-refractivity contribution < 1.29 is 0 Å². The Kier molecular flexibility index (Phi) is 4.55. The van der Waals surface area contributed by atoms with Gasteiger partial charge in [0.2, 0.25) is 0 Å². The first kappa shape index (κ1) is 9.01. The lowest BCUT2D eigenvalue weighted by Crippen LogP contribution is -2.35. The molecule has 0 bridgehead atoms. The van der Waals surface area contributed by atoms with Crippen molar-refractivity contribution in [1.82, 2.24) is 10.9 Å². The number of hydrazine groups is 1. The third-order valence-corrected chi connectivity index (χ3v) is 2.37. The predicted molar refractivity (Wildman–Crippen MR) is 48.3 cm³/mol. The Hall–Kier alpha value is -0.0800. The first-order valence-electron chi connectivity index (χ1n) is 4.89. The zero-order chi connectivity index (χ0) is 7.94. The molecule has 0 radical (unpaired) electrons. The molecule has 0 heterocycles. The standard InChI is InChI=1S/C9H20N2/c1-2-7-10-11-8-9-5-3-4-6-9/h9-11H,2-8H2,1H3. The summed E-state index contributed by atoms with van der Waals surface area (Å²) in [7, 11) is 0. The lowest BCUT2D eigenvalue weighted by molar-refractivity contribution is 0.434. The SMILES string of the molecule is CCCNNCC1CCCC1. The molecule has 0 aromatic rings. The number of nitrogens with one attached hydrogen (secondary N) is 2. The summed E-state index contributed by atoms with van der Waals surface area (Å²) in [6.45, 7) is 4.44. The van der Waals surface area contributed by atoms with Gasteiger partial charge in [0, 0.05) is 13.1 Å². The van der Waals surface area contributed by atoms with Gasteiger partial charge in [0.1, 0.15) is 0 Å². The quantitative estimate of drug-likeness (QED) is 0.467. The van der Waals surface area contributed by atoms with Crippen LogP contribution in [0.25, 0.3) is 0 Å². The molecule has 1 aliphatic carbocycles. The van der Waals surface area contributed by atoms with Gasteiger partial charge in [-0.1, -0.05) is 19.8 Å². The van der Waals surface area contributed by atoms with E-state index in [4.69, 9.17) is 0 Å². The Morgan fingerprint density at radius 2 is 1.91 bits per heavy atom. The van der Waals surface area contributed by atoms with Gasteiger partial charge in [-0.3, -0.25) is 10.9 Å². The summed E-state index contributed by atoms with van der Waals surface area (Å²) in [6.07, 6.45) is 6.96. The third-order valence-electron chi connectivity index (χ3n) is 2.37. The van der Waals surface area contributed by atoms with Crippen molar-refractivity contribution >= 4 is 0 Å². The first-order chi connectivity index (χ1) is 5.43. The van der Waals surface area contributed by atoms with Crippen LogP contribution in [0.15, 0.2) is 0 Å². The first-order valence-corrected chi connectivity index (χ1v) is 4.89. The summed E-state index contributed by atoms with van der Waals surface area (Å²) in [6, 6.07) is 0. The molecule has 1 saturated carbocycles. The van der Waals surface area contributed by atoms with Gasteiger partial charge in [-0.25, -0.2) is 0 Å². The summed E-state index contributed by atoms with van der Waals surface area (Å²) in [5.74, 6) is 0.944. The molecule has 0 aromatic heterocycles. The van der Waals surface area contributed by atoms with Crippen LogP contribution in [0.5, 0.6) is 0 Å². The van der Waals surface area contributed by atoms with Crippen molar-refractivity contribution in [3.8, 4) is 0 Å². The van der Waals surface area contributed by atoms with Crippen LogP contribution >= 0.6 is 0 Å². The van der Waals surface area contributed by atoms with E-state index in [0.717, 1.165) is 12.5 Å². The summed E-state index contributed by atoms with van der Waals surface area (Å²) >= 11 is 0. The third kappa shape index (κ3) is 3.73. The van der Waals surface area contributed by atoms with Gasteiger partial charge < -0.3 is 0 Å². The summed E-state index contributed by atoms with van der Waals surface area (Å²) in [5, 5.41) is 0. The van der Waals surface area contributed by atoms with E-state index in [9.17, 15) is 0 Å². The zero-order valence-corrected chi connectivity index (χ0v) is 7.53. The fraction of sp³-hybridized carbons (Fsp3) is 1.00. The molecule has 0 aromatic carbocycles. The van der Waals surface area contributed by atoms with Crippen LogP contribution in [-0.4, -0.2) is 13.1 Å². The minimum atomic E-state index is 0.944. The maximum absolute atomic E-state index is 3.28. The molecule has 0 unspecified atom stereocenters. The van der Waals surface area contributed by atoms with Gasteiger partial charge >= 0.3 is 0 Å². The molecule has 2 heteroatoms. The van der Waals surface area contributed by atoms with Gasteiger partial charge in [-0.15, -0.1) is 0 Å². The van der Waals surface area contributed by atoms with E-state index in [1.165, 1.54) is 38.6 Å². The van der Waals surface area contributed by atoms with E-state index in [0.29, 0.717) is 0 Å². The van der Waals surface area contributed by atoms with Crippen molar-refractivity contribution in [3.63, 3.8) is 0 Å². The summed E-state index contributed by atoms with van der Waals surface area (Å²) in [4.78, 5) is 0. The zero-order valence-electron chi connectivity index (χ0n) is 7.53. The van der Waals surface area contributed by atoms with Crippen molar-refractivity contribution in [2.75, 3.05) is 13.1 Å². The molecule has 2 N–H and O–H groups in total. The van der Waals surface area contributed by atoms with Crippen molar-refractivity contribution in [2.24, 2.45) is 5.92 Å². The molecule has 0 aliphatic heterocycles. The fourth-order valence-electron chi connectivity index (χ4n) is 1.64. The van der Waals surface area contributed by atoms with Crippen LogP contribution in [0, 0.1) is 5.92 Å². The highest BCUT2D eigenvalue weighted by atomic mass is 15.3. The summed E-state index contributed by atoms with van der Waals surface area (Å²) < 4.78 is 0. The summed E-state index contributed by atoms with van der Waals surface area (Å²) in [5.41, 5.74) is 6.49. The van der Waals surface area contributed by atoms with Crippen LogP contribution in [0.1, 0.15) is 39.0 Å². The topological polar surface area (TPSA) is 24.1 Å². The van der Waals surface area contributed by atoms with Crippen molar-refractivity contribution in [1.29, 1.82) is 0 Å². The maximum atomic E-state index is 3.28. The van der Waals surface area contributed by atoms with Gasteiger partial charge in [0.25, 0.3) is 0 Å². The lowest BCUT2D eigenvalue weighted by atomic mass is 10.1. The molecule has 0 spiro atoms. The molecular weight excluding hydrogens is 136 g/mol. The molecule has 0 saturated heterocycles. The number of hydrogen-bond acceptors (Lipinski definition) is 2. The average molecular weight is 156 g/mol. The van der Waals surface area contributed by atoms with Crippen LogP contribution in [0.2, 0.25) is 0 Å². The van der Waals surface area contributed by atoms with Crippen LogP contribution < -0.4 is 10.9 Å². The van der Waals surface area contributed by atoms with Crippen LogP contribution in [0.3, 0.4) is 0 Å². The Morgan fingerprint density at radius 3 is 2.55 bits per heavy atom. The Morgan fingerprint density at radius 1 is 1.18 bits per heavy atom. The highest BCUT2D eigenvalue weighted by Crippen LogP contribution is 2.23. The smallest absolute Gasteiger partial charge is 0.0128 e. The van der Waals surface area contributed by atoms with E-state index in [-0.39, 0.29) is 0 Å². The second kappa shape index (κ2) is 5.56. The molecule has 1 rings (SSSR count). The van der Waals surface area contributed by atoms with E-state index in [2.05, 4.69) is 17.8 Å². The normalized spacial score (nSPS) is 19.4. The molecule has 1 fully saturated rings. The average Bonchev–Trinajstić information content (AvgIpc) is 2.50. The highest BCUT2D eigenvalue weighted by molar-refractivity contribution is 4.68. The monoisotopic (exact) mass is 156 g/mol.